The van der Waals surface area contributed by atoms with E-state index in [0.29, 0.717) is 10.6 Å². The summed E-state index contributed by atoms with van der Waals surface area (Å²) in [5, 5.41) is 7.75. The monoisotopic (exact) mass is 489 g/mol. The fourth-order valence-corrected chi connectivity index (χ4v) is 5.27. The Morgan fingerprint density at radius 1 is 0.943 bits per heavy atom. The van der Waals surface area contributed by atoms with E-state index in [-0.39, 0.29) is 30.3 Å². The lowest BCUT2D eigenvalue weighted by Crippen LogP contribution is -2.49. The van der Waals surface area contributed by atoms with E-state index in [4.69, 9.17) is 0 Å². The van der Waals surface area contributed by atoms with Crippen molar-refractivity contribution in [3.8, 4) is 0 Å². The molecule has 1 heterocycles. The summed E-state index contributed by atoms with van der Waals surface area (Å²) in [5.41, 5.74) is 3.22. The van der Waals surface area contributed by atoms with E-state index < -0.39 is 6.04 Å². The van der Waals surface area contributed by atoms with Crippen LogP contribution < -0.4 is 15.5 Å². The van der Waals surface area contributed by atoms with Gasteiger partial charge in [-0.25, -0.2) is 0 Å². The molecule has 182 valence electrons. The first-order valence-electron chi connectivity index (χ1n) is 12.0. The highest BCUT2D eigenvalue weighted by Crippen LogP contribution is 2.32. The lowest BCUT2D eigenvalue weighted by atomic mass is 9.97. The van der Waals surface area contributed by atoms with Crippen LogP contribution in [0.4, 0.5) is 5.69 Å². The van der Waals surface area contributed by atoms with Crippen LogP contribution in [0.1, 0.15) is 58.1 Å². The van der Waals surface area contributed by atoms with Crippen molar-refractivity contribution < 1.29 is 14.4 Å². The van der Waals surface area contributed by atoms with Gasteiger partial charge in [0, 0.05) is 11.7 Å². The molecule has 7 heteroatoms. The Morgan fingerprint density at radius 3 is 2.29 bits per heavy atom. The van der Waals surface area contributed by atoms with Crippen molar-refractivity contribution in [2.24, 2.45) is 0 Å². The van der Waals surface area contributed by atoms with Crippen LogP contribution in [-0.4, -0.2) is 30.3 Å². The molecule has 35 heavy (non-hydrogen) atoms. The molecular formula is C28H31N3O3S. The van der Waals surface area contributed by atoms with E-state index in [2.05, 4.69) is 10.6 Å². The lowest BCUT2D eigenvalue weighted by molar-refractivity contribution is -0.126. The number of anilines is 1. The molecule has 1 fully saturated rings. The van der Waals surface area contributed by atoms with Gasteiger partial charge in [0.1, 0.15) is 6.04 Å². The summed E-state index contributed by atoms with van der Waals surface area (Å²) in [6.07, 6.45) is 4.08. The molecule has 0 unspecified atom stereocenters. The minimum Gasteiger partial charge on any atom is -0.351 e. The van der Waals surface area contributed by atoms with Gasteiger partial charge in [0.05, 0.1) is 11.4 Å². The number of thiophene rings is 1. The van der Waals surface area contributed by atoms with Crippen LogP contribution in [0.5, 0.6) is 0 Å². The zero-order chi connectivity index (χ0) is 24.8. The third-order valence-electron chi connectivity index (χ3n) is 6.48. The number of amides is 3. The SMILES string of the molecule is Cc1ccccc1[C@H](C(=O)NC1CCCC1)N(C(=O)CNC(=O)c1cccs1)c1ccccc1C. The van der Waals surface area contributed by atoms with Gasteiger partial charge in [-0.3, -0.25) is 19.3 Å². The Bertz CT molecular complexity index is 1190. The summed E-state index contributed by atoms with van der Waals surface area (Å²) in [6, 6.07) is 18.0. The average Bonchev–Trinajstić information content (AvgIpc) is 3.57. The molecule has 1 atom stereocenters. The summed E-state index contributed by atoms with van der Waals surface area (Å²) in [5.74, 6) is -0.854. The molecule has 6 nitrogen and oxygen atoms in total. The molecule has 1 aliphatic rings. The lowest BCUT2D eigenvalue weighted by Gasteiger charge is -2.34. The summed E-state index contributed by atoms with van der Waals surface area (Å²) in [7, 11) is 0. The number of benzene rings is 2. The zero-order valence-corrected chi connectivity index (χ0v) is 20.9. The summed E-state index contributed by atoms with van der Waals surface area (Å²) >= 11 is 1.32. The first-order chi connectivity index (χ1) is 17.0. The second-order valence-electron chi connectivity index (χ2n) is 8.96. The number of carbonyl (C=O) groups excluding carboxylic acids is 3. The third kappa shape index (κ3) is 5.80. The predicted octanol–water partition coefficient (Wildman–Crippen LogP) is 4.93. The maximum absolute atomic E-state index is 13.8. The molecule has 3 amide bonds. The standard InChI is InChI=1S/C28H31N3O3S/c1-19-10-3-7-14-22(19)26(28(34)30-21-12-5-6-13-21)31(23-15-8-4-11-20(23)2)25(32)18-29-27(33)24-16-9-17-35-24/h3-4,7-11,14-17,21,26H,5-6,12-13,18H2,1-2H3,(H,29,33)(H,30,34)/t26-/m1/s1. The van der Waals surface area contributed by atoms with E-state index in [1.807, 2.05) is 67.8 Å². The van der Waals surface area contributed by atoms with Crippen molar-refractivity contribution in [2.45, 2.75) is 51.6 Å². The molecule has 0 aliphatic heterocycles. The second kappa shape index (κ2) is 11.3. The van der Waals surface area contributed by atoms with Gasteiger partial charge < -0.3 is 10.6 Å². The number of para-hydroxylation sites is 1. The normalized spacial score (nSPS) is 14.3. The van der Waals surface area contributed by atoms with Gasteiger partial charge in [-0.15, -0.1) is 11.3 Å². The van der Waals surface area contributed by atoms with Gasteiger partial charge in [-0.1, -0.05) is 61.4 Å². The molecule has 1 saturated carbocycles. The molecule has 0 bridgehead atoms. The van der Waals surface area contributed by atoms with Crippen LogP contribution >= 0.6 is 11.3 Å². The minimum atomic E-state index is -0.857. The number of rotatable bonds is 8. The van der Waals surface area contributed by atoms with Crippen LogP contribution in [0.15, 0.2) is 66.0 Å². The number of aryl methyl sites for hydroxylation is 2. The Kier molecular flexibility index (Phi) is 7.98. The zero-order valence-electron chi connectivity index (χ0n) is 20.1. The van der Waals surface area contributed by atoms with E-state index in [9.17, 15) is 14.4 Å². The molecule has 3 aromatic rings. The minimum absolute atomic E-state index is 0.112. The van der Waals surface area contributed by atoms with Gasteiger partial charge in [-0.2, -0.15) is 0 Å². The Morgan fingerprint density at radius 2 is 1.63 bits per heavy atom. The molecule has 0 saturated heterocycles. The van der Waals surface area contributed by atoms with E-state index in [1.54, 1.807) is 17.0 Å². The summed E-state index contributed by atoms with van der Waals surface area (Å²) < 4.78 is 0. The van der Waals surface area contributed by atoms with Crippen molar-refractivity contribution in [2.75, 3.05) is 11.4 Å². The van der Waals surface area contributed by atoms with Crippen molar-refractivity contribution >= 4 is 34.7 Å². The predicted molar refractivity (Wildman–Crippen MR) is 140 cm³/mol. The Balaban J connectivity index is 1.71. The van der Waals surface area contributed by atoms with Gasteiger partial charge in [0.25, 0.3) is 5.91 Å². The van der Waals surface area contributed by atoms with Gasteiger partial charge >= 0.3 is 0 Å². The Labute approximate surface area is 210 Å². The molecule has 2 aromatic carbocycles. The van der Waals surface area contributed by atoms with Crippen LogP contribution in [0.25, 0.3) is 0 Å². The quantitative estimate of drug-likeness (QED) is 0.471. The number of carbonyl (C=O) groups is 3. The number of nitrogens with one attached hydrogen (secondary N) is 2. The van der Waals surface area contributed by atoms with Crippen LogP contribution in [0.2, 0.25) is 0 Å². The molecule has 0 spiro atoms. The first-order valence-corrected chi connectivity index (χ1v) is 12.9. The van der Waals surface area contributed by atoms with Gasteiger partial charge in [0.2, 0.25) is 11.8 Å². The maximum atomic E-state index is 13.8. The van der Waals surface area contributed by atoms with Crippen molar-refractivity contribution in [1.82, 2.24) is 10.6 Å². The number of hydrogen-bond acceptors (Lipinski definition) is 4. The van der Waals surface area contributed by atoms with Crippen LogP contribution in [0.3, 0.4) is 0 Å². The number of hydrogen-bond donors (Lipinski definition) is 2. The third-order valence-corrected chi connectivity index (χ3v) is 7.35. The molecule has 1 aliphatic carbocycles. The fourth-order valence-electron chi connectivity index (χ4n) is 4.63. The molecule has 4 rings (SSSR count). The second-order valence-corrected chi connectivity index (χ2v) is 9.91. The molecule has 1 aromatic heterocycles. The highest BCUT2D eigenvalue weighted by atomic mass is 32.1. The molecule has 2 N–H and O–H groups in total. The van der Waals surface area contributed by atoms with E-state index in [0.717, 1.165) is 42.4 Å². The molecule has 0 radical (unpaired) electrons. The maximum Gasteiger partial charge on any atom is 0.261 e. The van der Waals surface area contributed by atoms with Crippen LogP contribution in [-0.2, 0) is 9.59 Å². The largest absolute Gasteiger partial charge is 0.351 e. The topological polar surface area (TPSA) is 78.5 Å². The van der Waals surface area contributed by atoms with Gasteiger partial charge in [0.15, 0.2) is 0 Å². The van der Waals surface area contributed by atoms with E-state index in [1.165, 1.54) is 11.3 Å². The highest BCUT2D eigenvalue weighted by molar-refractivity contribution is 7.12. The summed E-state index contributed by atoms with van der Waals surface area (Å²) in [6.45, 7) is 3.65. The fraction of sp³-hybridized carbons (Fsp3) is 0.321. The number of nitrogens with zero attached hydrogens (tertiary/aromatic N) is 1. The van der Waals surface area contributed by atoms with Crippen molar-refractivity contribution in [1.29, 1.82) is 0 Å². The molecular weight excluding hydrogens is 458 g/mol. The smallest absolute Gasteiger partial charge is 0.261 e. The van der Waals surface area contributed by atoms with Gasteiger partial charge in [-0.05, 0) is 60.9 Å². The van der Waals surface area contributed by atoms with E-state index >= 15 is 0 Å². The van der Waals surface area contributed by atoms with Crippen molar-refractivity contribution in [3.63, 3.8) is 0 Å². The van der Waals surface area contributed by atoms with Crippen molar-refractivity contribution in [3.05, 3.63) is 87.6 Å². The first kappa shape index (κ1) is 24.7. The Hall–Kier alpha value is -3.45. The highest BCUT2D eigenvalue weighted by Gasteiger charge is 2.35. The average molecular weight is 490 g/mol. The summed E-state index contributed by atoms with van der Waals surface area (Å²) in [4.78, 5) is 42.2. The van der Waals surface area contributed by atoms with Crippen LogP contribution in [0, 0.1) is 13.8 Å².